The summed E-state index contributed by atoms with van der Waals surface area (Å²) < 4.78 is 19.5. The molecule has 0 spiro atoms. The molecule has 21 heavy (non-hydrogen) atoms. The van der Waals surface area contributed by atoms with Crippen LogP contribution in [0.25, 0.3) is 11.2 Å². The molecular formula is C12H14IN5O3. The third-order valence-electron chi connectivity index (χ3n) is 3.86. The van der Waals surface area contributed by atoms with Crippen LogP contribution in [0.1, 0.15) is 12.5 Å². The average Bonchev–Trinajstić information content (AvgIpc) is 2.91. The number of ether oxygens (including phenoxy) is 3. The maximum Gasteiger partial charge on any atom is 0.223 e. The third kappa shape index (κ3) is 2.37. The van der Waals surface area contributed by atoms with Crippen LogP contribution in [-0.2, 0) is 14.2 Å². The summed E-state index contributed by atoms with van der Waals surface area (Å²) >= 11 is 2.12. The largest absolute Gasteiger partial charge is 0.371 e. The fourth-order valence-electron chi connectivity index (χ4n) is 2.82. The average molecular weight is 403 g/mol. The van der Waals surface area contributed by atoms with Crippen molar-refractivity contribution in [1.82, 2.24) is 19.5 Å². The minimum Gasteiger partial charge on any atom is -0.371 e. The highest BCUT2D eigenvalue weighted by Crippen LogP contribution is 2.30. The lowest BCUT2D eigenvalue weighted by Crippen LogP contribution is -2.47. The molecule has 2 aromatic heterocycles. The molecule has 2 aliphatic heterocycles. The molecule has 2 aromatic rings. The van der Waals surface area contributed by atoms with Gasteiger partial charge in [-0.3, -0.25) is 0 Å². The fourth-order valence-corrected chi connectivity index (χ4v) is 3.45. The van der Waals surface area contributed by atoms with Gasteiger partial charge in [0, 0.05) is 0 Å². The second-order valence-electron chi connectivity index (χ2n) is 5.15. The predicted octanol–water partition coefficient (Wildman–Crippen LogP) is 0.716. The molecule has 4 heterocycles. The molecule has 4 rings (SSSR count). The van der Waals surface area contributed by atoms with Gasteiger partial charge in [-0.2, -0.15) is 4.98 Å². The summed E-state index contributed by atoms with van der Waals surface area (Å²) in [6, 6.07) is 0.124. The summed E-state index contributed by atoms with van der Waals surface area (Å²) in [5.41, 5.74) is 7.25. The van der Waals surface area contributed by atoms with Crippen LogP contribution in [0.3, 0.4) is 0 Å². The Morgan fingerprint density at radius 2 is 2.14 bits per heavy atom. The Bertz CT molecular complexity index is 678. The van der Waals surface area contributed by atoms with Crippen molar-refractivity contribution in [1.29, 1.82) is 0 Å². The van der Waals surface area contributed by atoms with Gasteiger partial charge in [-0.25, -0.2) is 9.97 Å². The van der Waals surface area contributed by atoms with Crippen LogP contribution in [-0.4, -0.2) is 51.7 Å². The summed E-state index contributed by atoms with van der Waals surface area (Å²) in [7, 11) is 0. The second kappa shape index (κ2) is 5.30. The van der Waals surface area contributed by atoms with Crippen LogP contribution in [0, 0.1) is 3.70 Å². The first-order valence-corrected chi connectivity index (χ1v) is 7.77. The van der Waals surface area contributed by atoms with Crippen molar-refractivity contribution in [3.63, 3.8) is 0 Å². The van der Waals surface area contributed by atoms with Gasteiger partial charge in [0.2, 0.25) is 5.95 Å². The molecule has 2 aliphatic rings. The van der Waals surface area contributed by atoms with E-state index in [0.717, 1.165) is 21.3 Å². The lowest BCUT2D eigenvalue weighted by Gasteiger charge is -2.39. The number of rotatable bonds is 1. The minimum atomic E-state index is 0.0182. The predicted molar refractivity (Wildman–Crippen MR) is 81.5 cm³/mol. The van der Waals surface area contributed by atoms with Gasteiger partial charge in [-0.1, -0.05) is 0 Å². The first-order valence-electron chi connectivity index (χ1n) is 6.69. The maximum atomic E-state index is 5.85. The van der Waals surface area contributed by atoms with Crippen LogP contribution in [0.15, 0.2) is 6.33 Å². The first-order chi connectivity index (χ1) is 10.2. The fraction of sp³-hybridized carbons (Fsp3) is 0.583. The summed E-state index contributed by atoms with van der Waals surface area (Å²) in [5.74, 6) is 0.255. The van der Waals surface area contributed by atoms with E-state index < -0.39 is 0 Å². The van der Waals surface area contributed by atoms with Crippen molar-refractivity contribution >= 4 is 39.7 Å². The zero-order valence-electron chi connectivity index (χ0n) is 11.1. The summed E-state index contributed by atoms with van der Waals surface area (Å²) in [6.45, 7) is 1.50. The van der Waals surface area contributed by atoms with E-state index >= 15 is 0 Å². The molecular weight excluding hydrogens is 389 g/mol. The lowest BCUT2D eigenvalue weighted by atomic mass is 10.0. The Morgan fingerprint density at radius 1 is 1.24 bits per heavy atom. The van der Waals surface area contributed by atoms with Gasteiger partial charge in [0.25, 0.3) is 0 Å². The normalized spacial score (nSPS) is 29.5. The molecule has 8 nitrogen and oxygen atoms in total. The molecule has 3 unspecified atom stereocenters. The molecule has 2 N–H and O–H groups in total. The van der Waals surface area contributed by atoms with Crippen molar-refractivity contribution < 1.29 is 14.2 Å². The van der Waals surface area contributed by atoms with Crippen LogP contribution in [0.5, 0.6) is 0 Å². The summed E-state index contributed by atoms with van der Waals surface area (Å²) in [6.07, 6.45) is 2.69. The van der Waals surface area contributed by atoms with Crippen molar-refractivity contribution in [2.75, 3.05) is 25.7 Å². The van der Waals surface area contributed by atoms with E-state index in [2.05, 4.69) is 37.5 Å². The molecule has 2 saturated heterocycles. The Labute approximate surface area is 134 Å². The first kappa shape index (κ1) is 13.6. The molecule has 112 valence electrons. The molecule has 0 radical (unpaired) electrons. The zero-order chi connectivity index (χ0) is 14.4. The van der Waals surface area contributed by atoms with Gasteiger partial charge in [0.05, 0.1) is 31.7 Å². The molecule has 0 saturated carbocycles. The van der Waals surface area contributed by atoms with Gasteiger partial charge >= 0.3 is 0 Å². The molecule has 9 heteroatoms. The topological polar surface area (TPSA) is 97.3 Å². The van der Waals surface area contributed by atoms with Crippen LogP contribution in [0.4, 0.5) is 5.95 Å². The quantitative estimate of drug-likeness (QED) is 0.554. The Kier molecular flexibility index (Phi) is 3.44. The van der Waals surface area contributed by atoms with Crippen LogP contribution < -0.4 is 5.73 Å². The molecule has 0 aromatic carbocycles. The van der Waals surface area contributed by atoms with Crippen molar-refractivity contribution in [2.24, 2.45) is 0 Å². The maximum absolute atomic E-state index is 5.85. The van der Waals surface area contributed by atoms with E-state index in [1.807, 2.05) is 4.57 Å². The van der Waals surface area contributed by atoms with Crippen LogP contribution >= 0.6 is 22.6 Å². The minimum absolute atomic E-state index is 0.0182. The van der Waals surface area contributed by atoms with E-state index in [-0.39, 0.29) is 24.2 Å². The van der Waals surface area contributed by atoms with Crippen LogP contribution in [0.2, 0.25) is 0 Å². The summed E-state index contributed by atoms with van der Waals surface area (Å²) in [4.78, 5) is 12.8. The number of nitrogen functional groups attached to an aromatic ring is 1. The van der Waals surface area contributed by atoms with Crippen molar-refractivity contribution in [3.05, 3.63) is 10.0 Å². The van der Waals surface area contributed by atoms with E-state index in [0.29, 0.717) is 20.0 Å². The number of hydrogen-bond acceptors (Lipinski definition) is 7. The van der Waals surface area contributed by atoms with E-state index in [1.165, 1.54) is 0 Å². The molecule has 0 aliphatic carbocycles. The van der Waals surface area contributed by atoms with E-state index in [4.69, 9.17) is 19.9 Å². The second-order valence-corrected chi connectivity index (χ2v) is 6.17. The molecule has 0 amide bonds. The number of anilines is 1. The number of halogens is 1. The van der Waals surface area contributed by atoms with E-state index in [9.17, 15) is 0 Å². The Balaban J connectivity index is 1.67. The highest BCUT2D eigenvalue weighted by Gasteiger charge is 2.36. The number of hydrogen-bond donors (Lipinski definition) is 1. The standard InChI is InChI=1S/C12H14IN5O3/c13-10-9-11(17-12(14)16-10)18(4-15-9)6-1-7-8(20-2-6)3-19-5-21-7/h4,6-8H,1-3,5H2,(H2,14,16,17). The van der Waals surface area contributed by atoms with Gasteiger partial charge in [0.1, 0.15) is 22.1 Å². The molecule has 0 bridgehead atoms. The van der Waals surface area contributed by atoms with Gasteiger partial charge in [0.15, 0.2) is 5.65 Å². The number of fused-ring (bicyclic) bond motifs is 2. The van der Waals surface area contributed by atoms with Gasteiger partial charge < -0.3 is 24.5 Å². The van der Waals surface area contributed by atoms with Crippen molar-refractivity contribution in [2.45, 2.75) is 24.7 Å². The number of aromatic nitrogens is 4. The molecule has 2 fully saturated rings. The highest BCUT2D eigenvalue weighted by molar-refractivity contribution is 14.1. The SMILES string of the molecule is Nc1nc(I)c2ncn(C3COC4COCOC4C3)c2n1. The lowest BCUT2D eigenvalue weighted by molar-refractivity contribution is -0.231. The zero-order valence-corrected chi connectivity index (χ0v) is 13.3. The monoisotopic (exact) mass is 403 g/mol. The molecule has 3 atom stereocenters. The number of imidazole rings is 1. The van der Waals surface area contributed by atoms with Gasteiger partial charge in [-0.15, -0.1) is 0 Å². The van der Waals surface area contributed by atoms with Gasteiger partial charge in [-0.05, 0) is 29.0 Å². The number of nitrogens with two attached hydrogens (primary N) is 1. The van der Waals surface area contributed by atoms with E-state index in [1.54, 1.807) is 6.33 Å². The smallest absolute Gasteiger partial charge is 0.223 e. The van der Waals surface area contributed by atoms with Crippen molar-refractivity contribution in [3.8, 4) is 0 Å². The Hall–Kier alpha value is -1.04. The highest BCUT2D eigenvalue weighted by atomic mass is 127. The third-order valence-corrected chi connectivity index (χ3v) is 4.61. The Morgan fingerprint density at radius 3 is 3.05 bits per heavy atom. The number of nitrogens with zero attached hydrogens (tertiary/aromatic N) is 4. The summed E-state index contributed by atoms with van der Waals surface area (Å²) in [5, 5.41) is 0.